The van der Waals surface area contributed by atoms with E-state index in [0.717, 1.165) is 22.2 Å². The minimum absolute atomic E-state index is 0.419. The molecule has 144 valence electrons. The Bertz CT molecular complexity index is 1110. The number of amides is 2. The van der Waals surface area contributed by atoms with E-state index in [1.54, 1.807) is 13.1 Å². The van der Waals surface area contributed by atoms with Crippen molar-refractivity contribution in [1.82, 2.24) is 4.98 Å². The summed E-state index contributed by atoms with van der Waals surface area (Å²) < 4.78 is 6.87. The average Bonchev–Trinajstić information content (AvgIpc) is 3.08. The van der Waals surface area contributed by atoms with E-state index in [0.29, 0.717) is 16.6 Å². The number of carbonyl (C=O) groups is 2. The summed E-state index contributed by atoms with van der Waals surface area (Å²) in [7, 11) is 1.65. The lowest BCUT2D eigenvalue weighted by atomic mass is 10.00. The highest BCUT2D eigenvalue weighted by molar-refractivity contribution is 7.22. The molecule has 0 fully saturated rings. The van der Waals surface area contributed by atoms with Crippen molar-refractivity contribution in [3.05, 3.63) is 47.5 Å². The van der Waals surface area contributed by atoms with Gasteiger partial charge in [-0.2, -0.15) is 0 Å². The summed E-state index contributed by atoms with van der Waals surface area (Å²) in [5.74, 6) is -0.454. The summed E-state index contributed by atoms with van der Waals surface area (Å²) in [4.78, 5) is 31.9. The van der Waals surface area contributed by atoms with Crippen molar-refractivity contribution in [2.24, 2.45) is 0 Å². The van der Waals surface area contributed by atoms with E-state index in [4.69, 9.17) is 4.74 Å². The van der Waals surface area contributed by atoms with Crippen molar-refractivity contribution in [2.45, 2.75) is 32.8 Å². The topological polar surface area (TPSA) is 71.5 Å². The molecule has 0 spiro atoms. The van der Waals surface area contributed by atoms with Gasteiger partial charge in [0.05, 0.1) is 15.9 Å². The molecule has 28 heavy (non-hydrogen) atoms. The number of nitrogens with one attached hydrogen (secondary N) is 1. The largest absolute Gasteiger partial charge is 0.465 e. The van der Waals surface area contributed by atoms with E-state index in [1.807, 2.05) is 31.2 Å². The monoisotopic (exact) mass is 395 g/mol. The van der Waals surface area contributed by atoms with Gasteiger partial charge in [0.15, 0.2) is 5.13 Å². The molecule has 1 N–H and O–H groups in total. The minimum atomic E-state index is -1.66. The maximum Gasteiger partial charge on any atom is 0.280 e. The molecule has 1 aliphatic rings. The van der Waals surface area contributed by atoms with Gasteiger partial charge < -0.3 is 9.64 Å². The summed E-state index contributed by atoms with van der Waals surface area (Å²) >= 11 is 1.38. The van der Waals surface area contributed by atoms with Crippen molar-refractivity contribution in [2.75, 3.05) is 17.3 Å². The quantitative estimate of drug-likeness (QED) is 0.683. The number of benzene rings is 2. The van der Waals surface area contributed by atoms with E-state index >= 15 is 0 Å². The van der Waals surface area contributed by atoms with Gasteiger partial charge in [-0.25, -0.2) is 4.98 Å². The Labute approximate surface area is 167 Å². The van der Waals surface area contributed by atoms with Crippen LogP contribution in [0.3, 0.4) is 0 Å². The lowest BCUT2D eigenvalue weighted by molar-refractivity contribution is -0.144. The molecule has 0 saturated heterocycles. The minimum Gasteiger partial charge on any atom is -0.465 e. The molecule has 2 aromatic carbocycles. The number of ether oxygens (including phenoxy) is 1. The summed E-state index contributed by atoms with van der Waals surface area (Å²) in [6, 6.07) is 11.6. The smallest absolute Gasteiger partial charge is 0.280 e. The molecule has 0 bridgehead atoms. The normalized spacial score (nSPS) is 18.7. The van der Waals surface area contributed by atoms with Crippen LogP contribution < -0.4 is 15.0 Å². The molecule has 1 aliphatic heterocycles. The number of hydrogen-bond acceptors (Lipinski definition) is 5. The first-order chi connectivity index (χ1) is 13.3. The number of hydrogen-bond donors (Lipinski definition) is 1. The molecule has 7 heteroatoms. The highest BCUT2D eigenvalue weighted by atomic mass is 32.1. The van der Waals surface area contributed by atoms with Crippen LogP contribution in [0.1, 0.15) is 25.0 Å². The maximum absolute atomic E-state index is 13.0. The molecule has 0 aliphatic carbocycles. The van der Waals surface area contributed by atoms with E-state index in [9.17, 15) is 9.59 Å². The van der Waals surface area contributed by atoms with Gasteiger partial charge in [0.25, 0.3) is 17.4 Å². The second-order valence-corrected chi connectivity index (χ2v) is 8.13. The van der Waals surface area contributed by atoms with Crippen LogP contribution in [-0.2, 0) is 16.0 Å². The molecule has 1 atom stereocenters. The molecule has 0 saturated carbocycles. The van der Waals surface area contributed by atoms with Gasteiger partial charge >= 0.3 is 0 Å². The zero-order valence-corrected chi connectivity index (χ0v) is 17.0. The molecule has 1 aromatic heterocycles. The molecular formula is C21H21N3O3S. The summed E-state index contributed by atoms with van der Waals surface area (Å²) in [5, 5.41) is 3.22. The number of carbonyl (C=O) groups excluding carboxylic acids is 2. The van der Waals surface area contributed by atoms with Crippen LogP contribution in [0.25, 0.3) is 10.2 Å². The number of anilines is 2. The fourth-order valence-electron chi connectivity index (χ4n) is 3.27. The van der Waals surface area contributed by atoms with Crippen LogP contribution in [0.4, 0.5) is 10.8 Å². The molecule has 1 unspecified atom stereocenters. The third-order valence-electron chi connectivity index (χ3n) is 5.02. The van der Waals surface area contributed by atoms with Gasteiger partial charge in [-0.1, -0.05) is 30.4 Å². The van der Waals surface area contributed by atoms with Gasteiger partial charge in [-0.05, 0) is 55.7 Å². The highest BCUT2D eigenvalue weighted by Crippen LogP contribution is 2.38. The first-order valence-corrected chi connectivity index (χ1v) is 9.92. The fraction of sp³-hybridized carbons (Fsp3) is 0.286. The van der Waals surface area contributed by atoms with Gasteiger partial charge in [-0.15, -0.1) is 0 Å². The number of aryl methyl sites for hydroxylation is 2. The third kappa shape index (κ3) is 2.92. The predicted octanol–water partition coefficient (Wildman–Crippen LogP) is 3.92. The zero-order chi connectivity index (χ0) is 20.1. The summed E-state index contributed by atoms with van der Waals surface area (Å²) in [5.41, 5.74) is 2.03. The molecule has 0 radical (unpaired) electrons. The van der Waals surface area contributed by atoms with Crippen LogP contribution in [0, 0.1) is 6.92 Å². The Morgan fingerprint density at radius 1 is 1.29 bits per heavy atom. The number of likely N-dealkylation sites (N-methyl/N-ethyl adjacent to an activating group) is 1. The Morgan fingerprint density at radius 2 is 2.07 bits per heavy atom. The summed E-state index contributed by atoms with van der Waals surface area (Å²) in [6.45, 7) is 5.52. The zero-order valence-electron chi connectivity index (χ0n) is 16.2. The van der Waals surface area contributed by atoms with Crippen molar-refractivity contribution in [1.29, 1.82) is 0 Å². The van der Waals surface area contributed by atoms with Crippen LogP contribution in [-0.4, -0.2) is 29.4 Å². The van der Waals surface area contributed by atoms with Gasteiger partial charge in [0.2, 0.25) is 0 Å². The number of aromatic nitrogens is 1. The first kappa shape index (κ1) is 18.4. The second-order valence-electron chi connectivity index (χ2n) is 7.10. The van der Waals surface area contributed by atoms with Crippen LogP contribution in [0.2, 0.25) is 0 Å². The number of thiazole rings is 1. The number of fused-ring (bicyclic) bond motifs is 2. The van der Waals surface area contributed by atoms with E-state index in [-0.39, 0.29) is 0 Å². The molecule has 4 rings (SSSR count). The van der Waals surface area contributed by atoms with E-state index in [1.165, 1.54) is 28.7 Å². The lowest BCUT2D eigenvalue weighted by Gasteiger charge is -2.37. The van der Waals surface area contributed by atoms with E-state index < -0.39 is 17.4 Å². The molecular weight excluding hydrogens is 374 g/mol. The Balaban J connectivity index is 1.63. The van der Waals surface area contributed by atoms with Crippen molar-refractivity contribution in [3.63, 3.8) is 0 Å². The van der Waals surface area contributed by atoms with Crippen LogP contribution in [0.15, 0.2) is 36.4 Å². The Morgan fingerprint density at radius 3 is 2.82 bits per heavy atom. The molecule has 2 amide bonds. The summed E-state index contributed by atoms with van der Waals surface area (Å²) in [6.07, 6.45) is 0.932. The van der Waals surface area contributed by atoms with Gasteiger partial charge in [0, 0.05) is 7.05 Å². The van der Waals surface area contributed by atoms with Crippen molar-refractivity contribution < 1.29 is 14.3 Å². The standard InChI is InChI=1S/C21H21N3O3S/c1-5-13-7-8-14-17(11-13)28-20(22-14)23-18(25)21(3)19(26)24(4)15-10-12(2)6-9-16(15)27-21/h6-11H,5H2,1-4H3,(H,22,23,25). The maximum atomic E-state index is 13.0. The second kappa shape index (κ2) is 6.60. The molecule has 6 nitrogen and oxygen atoms in total. The van der Waals surface area contributed by atoms with Crippen LogP contribution in [0.5, 0.6) is 5.75 Å². The molecule has 2 heterocycles. The third-order valence-corrected chi connectivity index (χ3v) is 5.95. The van der Waals surface area contributed by atoms with Crippen molar-refractivity contribution in [3.8, 4) is 5.75 Å². The van der Waals surface area contributed by atoms with E-state index in [2.05, 4.69) is 23.3 Å². The lowest BCUT2D eigenvalue weighted by Crippen LogP contribution is -2.59. The fourth-order valence-corrected chi connectivity index (χ4v) is 4.20. The van der Waals surface area contributed by atoms with Crippen LogP contribution >= 0.6 is 11.3 Å². The predicted molar refractivity (Wildman–Crippen MR) is 111 cm³/mol. The Kier molecular flexibility index (Phi) is 4.34. The van der Waals surface area contributed by atoms with Gasteiger partial charge in [0.1, 0.15) is 5.75 Å². The number of nitrogens with zero attached hydrogens (tertiary/aromatic N) is 2. The van der Waals surface area contributed by atoms with Gasteiger partial charge in [-0.3, -0.25) is 14.9 Å². The average molecular weight is 395 g/mol. The number of rotatable bonds is 3. The SMILES string of the molecule is CCc1ccc2nc(NC(=O)C3(C)Oc4ccc(C)cc4N(C)C3=O)sc2c1. The first-order valence-electron chi connectivity index (χ1n) is 9.10. The van der Waals surface area contributed by atoms with Crippen molar-refractivity contribution >= 4 is 44.2 Å². The highest BCUT2D eigenvalue weighted by Gasteiger charge is 2.50. The molecule has 3 aromatic rings. The Hall–Kier alpha value is -2.93.